The highest BCUT2D eigenvalue weighted by Gasteiger charge is 2.10. The van der Waals surface area contributed by atoms with Crippen LogP contribution in [0.3, 0.4) is 0 Å². The van der Waals surface area contributed by atoms with Crippen molar-refractivity contribution < 1.29 is 4.79 Å². The summed E-state index contributed by atoms with van der Waals surface area (Å²) < 4.78 is 0. The van der Waals surface area contributed by atoms with Crippen molar-refractivity contribution in [1.29, 1.82) is 0 Å². The van der Waals surface area contributed by atoms with Crippen LogP contribution < -0.4 is 0 Å². The van der Waals surface area contributed by atoms with Gasteiger partial charge in [0.05, 0.1) is 0 Å². The minimum absolute atomic E-state index is 0.198. The van der Waals surface area contributed by atoms with E-state index < -0.39 is 0 Å². The van der Waals surface area contributed by atoms with Gasteiger partial charge in [-0.1, -0.05) is 60.3 Å². The minimum atomic E-state index is 0.198. The topological polar surface area (TPSA) is 17.1 Å². The summed E-state index contributed by atoms with van der Waals surface area (Å²) in [6.07, 6.45) is 6.65. The Hall–Kier alpha value is -1.28. The third-order valence-corrected chi connectivity index (χ3v) is 3.25. The van der Waals surface area contributed by atoms with Crippen LogP contribution in [0.4, 0.5) is 0 Å². The van der Waals surface area contributed by atoms with E-state index in [0.29, 0.717) is 0 Å². The molecule has 1 aliphatic rings. The van der Waals surface area contributed by atoms with Crippen LogP contribution in [-0.4, -0.2) is 5.12 Å². The zero-order valence-corrected chi connectivity index (χ0v) is 9.17. The third-order valence-electron chi connectivity index (χ3n) is 2.25. The normalized spacial score (nSPS) is 14.0. The number of rotatable bonds is 3. The van der Waals surface area contributed by atoms with Gasteiger partial charge in [-0.15, -0.1) is 0 Å². The Bertz CT molecular complexity index is 404. The summed E-state index contributed by atoms with van der Waals surface area (Å²) in [5, 5.41) is 0.198. The maximum Gasteiger partial charge on any atom is 0.215 e. The molecule has 0 saturated heterocycles. The summed E-state index contributed by atoms with van der Waals surface area (Å²) in [5.41, 5.74) is 2.11. The third kappa shape index (κ3) is 2.83. The lowest BCUT2D eigenvalue weighted by Crippen LogP contribution is -1.95. The molecule has 1 aliphatic carbocycles. The van der Waals surface area contributed by atoms with Crippen LogP contribution in [0.2, 0.25) is 0 Å². The molecular weight excluding hydrogens is 204 g/mol. The molecule has 0 amide bonds. The monoisotopic (exact) mass is 216 g/mol. The van der Waals surface area contributed by atoms with Gasteiger partial charge in [0.25, 0.3) is 0 Å². The molecule has 0 spiro atoms. The number of hydrogen-bond donors (Lipinski definition) is 0. The van der Waals surface area contributed by atoms with Crippen molar-refractivity contribution in [1.82, 2.24) is 0 Å². The second-order valence-electron chi connectivity index (χ2n) is 3.39. The first-order valence-corrected chi connectivity index (χ1v) is 5.91. The molecule has 0 N–H and O–H groups in total. The lowest BCUT2D eigenvalue weighted by molar-refractivity contribution is -0.107. The smallest absolute Gasteiger partial charge is 0.215 e. The Morgan fingerprint density at radius 1 is 1.27 bits per heavy atom. The fourth-order valence-electron chi connectivity index (χ4n) is 1.41. The van der Waals surface area contributed by atoms with Crippen LogP contribution in [0, 0.1) is 0 Å². The number of thioether (sulfide) groups is 1. The molecule has 0 aliphatic heterocycles. The molecule has 0 atom stereocenters. The largest absolute Gasteiger partial charge is 0.282 e. The van der Waals surface area contributed by atoms with Gasteiger partial charge in [0, 0.05) is 11.3 Å². The Morgan fingerprint density at radius 3 is 2.73 bits per heavy atom. The van der Waals surface area contributed by atoms with Crippen LogP contribution in [0.15, 0.2) is 54.1 Å². The molecular formula is C13H12OS. The Labute approximate surface area is 93.9 Å². The quantitative estimate of drug-likeness (QED) is 0.771. The van der Waals surface area contributed by atoms with Gasteiger partial charge >= 0.3 is 0 Å². The predicted octanol–water partition coefficient (Wildman–Crippen LogP) is 3.33. The molecule has 1 nitrogen and oxygen atoms in total. The van der Waals surface area contributed by atoms with Crippen LogP contribution >= 0.6 is 11.8 Å². The molecule has 1 aromatic carbocycles. The second-order valence-corrected chi connectivity index (χ2v) is 4.33. The van der Waals surface area contributed by atoms with Crippen molar-refractivity contribution in [2.45, 2.75) is 12.2 Å². The molecule has 1 aromatic rings. The van der Waals surface area contributed by atoms with Gasteiger partial charge in [0.15, 0.2) is 0 Å². The zero-order chi connectivity index (χ0) is 10.5. The fraction of sp³-hybridized carbons (Fsp3) is 0.154. The zero-order valence-electron chi connectivity index (χ0n) is 8.35. The highest BCUT2D eigenvalue weighted by Crippen LogP contribution is 2.21. The first-order valence-electron chi connectivity index (χ1n) is 4.93. The Kier molecular flexibility index (Phi) is 3.41. The van der Waals surface area contributed by atoms with E-state index in [0.717, 1.165) is 17.7 Å². The van der Waals surface area contributed by atoms with Gasteiger partial charge in [0.2, 0.25) is 5.12 Å². The first kappa shape index (κ1) is 10.2. The maximum atomic E-state index is 11.7. The Morgan fingerprint density at radius 2 is 2.07 bits per heavy atom. The molecule has 0 fully saturated rings. The van der Waals surface area contributed by atoms with E-state index in [9.17, 15) is 4.79 Å². The van der Waals surface area contributed by atoms with Crippen LogP contribution in [0.5, 0.6) is 0 Å². The SMILES string of the molecule is O=C(SCc1ccccc1)C1=CC=CC1. The Balaban J connectivity index is 1.86. The molecule has 76 valence electrons. The van der Waals surface area contributed by atoms with E-state index in [2.05, 4.69) is 0 Å². The molecule has 0 saturated carbocycles. The molecule has 15 heavy (non-hydrogen) atoms. The van der Waals surface area contributed by atoms with Crippen LogP contribution in [0.1, 0.15) is 12.0 Å². The summed E-state index contributed by atoms with van der Waals surface area (Å²) in [5.74, 6) is 0.761. The number of carbonyl (C=O) groups excluding carboxylic acids is 1. The maximum absolute atomic E-state index is 11.7. The van der Waals surface area contributed by atoms with Crippen molar-refractivity contribution >= 4 is 16.9 Å². The number of carbonyl (C=O) groups is 1. The van der Waals surface area contributed by atoms with Gasteiger partial charge in [-0.3, -0.25) is 4.79 Å². The second kappa shape index (κ2) is 4.99. The summed E-state index contributed by atoms with van der Waals surface area (Å²) in [7, 11) is 0. The molecule has 0 heterocycles. The lowest BCUT2D eigenvalue weighted by atomic mass is 10.2. The minimum Gasteiger partial charge on any atom is -0.282 e. The van der Waals surface area contributed by atoms with Crippen molar-refractivity contribution in [2.24, 2.45) is 0 Å². The van der Waals surface area contributed by atoms with Crippen molar-refractivity contribution in [2.75, 3.05) is 0 Å². The van der Waals surface area contributed by atoms with Gasteiger partial charge in [-0.05, 0) is 12.0 Å². The summed E-state index contributed by atoms with van der Waals surface area (Å²) in [4.78, 5) is 11.7. The van der Waals surface area contributed by atoms with Gasteiger partial charge in [-0.25, -0.2) is 0 Å². The van der Waals surface area contributed by atoms with Crippen molar-refractivity contribution in [3.8, 4) is 0 Å². The standard InChI is InChI=1S/C13H12OS/c14-13(12-8-4-5-9-12)15-10-11-6-2-1-3-7-11/h1-8H,9-10H2. The van der Waals surface area contributed by atoms with Gasteiger partial charge < -0.3 is 0 Å². The molecule has 2 rings (SSSR count). The van der Waals surface area contributed by atoms with Crippen molar-refractivity contribution in [3.05, 3.63) is 59.7 Å². The van der Waals surface area contributed by atoms with E-state index in [1.807, 2.05) is 48.6 Å². The van der Waals surface area contributed by atoms with E-state index >= 15 is 0 Å². The predicted molar refractivity (Wildman–Crippen MR) is 64.6 cm³/mol. The van der Waals surface area contributed by atoms with Crippen LogP contribution in [-0.2, 0) is 10.5 Å². The molecule has 2 heteroatoms. The number of benzene rings is 1. The summed E-state index contributed by atoms with van der Waals surface area (Å²) in [6.45, 7) is 0. The molecule has 0 bridgehead atoms. The first-order chi connectivity index (χ1) is 7.36. The van der Waals surface area contributed by atoms with Crippen molar-refractivity contribution in [3.63, 3.8) is 0 Å². The lowest BCUT2D eigenvalue weighted by Gasteiger charge is -2.01. The van der Waals surface area contributed by atoms with Crippen LogP contribution in [0.25, 0.3) is 0 Å². The number of allylic oxidation sites excluding steroid dienone is 3. The molecule has 0 aromatic heterocycles. The van der Waals surface area contributed by atoms with Gasteiger partial charge in [-0.2, -0.15) is 0 Å². The summed E-state index contributed by atoms with van der Waals surface area (Å²) >= 11 is 1.38. The van der Waals surface area contributed by atoms with E-state index in [1.54, 1.807) is 0 Å². The highest BCUT2D eigenvalue weighted by atomic mass is 32.2. The fourth-order valence-corrected chi connectivity index (χ4v) is 2.24. The average Bonchev–Trinajstić information content (AvgIpc) is 2.81. The van der Waals surface area contributed by atoms with E-state index in [1.165, 1.54) is 17.3 Å². The average molecular weight is 216 g/mol. The van der Waals surface area contributed by atoms with E-state index in [-0.39, 0.29) is 5.12 Å². The molecule has 0 radical (unpaired) electrons. The van der Waals surface area contributed by atoms with Gasteiger partial charge in [0.1, 0.15) is 0 Å². The molecule has 0 unspecified atom stereocenters. The van der Waals surface area contributed by atoms with E-state index in [4.69, 9.17) is 0 Å². The highest BCUT2D eigenvalue weighted by molar-refractivity contribution is 8.13. The summed E-state index contributed by atoms with van der Waals surface area (Å²) in [6, 6.07) is 10.1. The number of hydrogen-bond acceptors (Lipinski definition) is 2.